The molecule has 1 aliphatic rings. The molecule has 102 valence electrons. The number of ketones is 1. The summed E-state index contributed by atoms with van der Waals surface area (Å²) in [6.45, 7) is 0. The number of carbonyl (C=O) groups excluding carboxylic acids is 1. The number of hydrogen-bond acceptors (Lipinski definition) is 1. The highest BCUT2D eigenvalue weighted by Crippen LogP contribution is 2.29. The molecular formula is C20H16O. The SMILES string of the molecule is O=C1CCCc2cc(-c3ccc4ccccc4c3)ccc21. The van der Waals surface area contributed by atoms with E-state index in [9.17, 15) is 4.79 Å². The van der Waals surface area contributed by atoms with Crippen LogP contribution in [0.4, 0.5) is 0 Å². The summed E-state index contributed by atoms with van der Waals surface area (Å²) in [5.41, 5.74) is 4.55. The summed E-state index contributed by atoms with van der Waals surface area (Å²) in [6, 6.07) is 21.2. The molecule has 0 radical (unpaired) electrons. The molecule has 0 bridgehead atoms. The Labute approximate surface area is 124 Å². The number of carbonyl (C=O) groups is 1. The first-order valence-electron chi connectivity index (χ1n) is 7.46. The van der Waals surface area contributed by atoms with Crippen molar-refractivity contribution in [2.75, 3.05) is 0 Å². The average Bonchev–Trinajstić information content (AvgIpc) is 2.54. The summed E-state index contributed by atoms with van der Waals surface area (Å²) in [7, 11) is 0. The van der Waals surface area contributed by atoms with Crippen LogP contribution in [0.15, 0.2) is 60.7 Å². The largest absolute Gasteiger partial charge is 0.294 e. The zero-order chi connectivity index (χ0) is 14.2. The molecule has 0 aliphatic heterocycles. The molecule has 3 aromatic carbocycles. The second-order valence-corrected chi connectivity index (χ2v) is 5.71. The van der Waals surface area contributed by atoms with Crippen molar-refractivity contribution >= 4 is 16.6 Å². The summed E-state index contributed by atoms with van der Waals surface area (Å²) >= 11 is 0. The molecule has 3 aromatic rings. The van der Waals surface area contributed by atoms with Crippen LogP contribution in [-0.2, 0) is 6.42 Å². The van der Waals surface area contributed by atoms with E-state index in [1.165, 1.54) is 27.5 Å². The first-order chi connectivity index (χ1) is 10.3. The molecular weight excluding hydrogens is 256 g/mol. The van der Waals surface area contributed by atoms with Crippen LogP contribution in [0, 0.1) is 0 Å². The number of rotatable bonds is 1. The van der Waals surface area contributed by atoms with Crippen molar-refractivity contribution in [3.8, 4) is 11.1 Å². The zero-order valence-electron chi connectivity index (χ0n) is 11.8. The fourth-order valence-corrected chi connectivity index (χ4v) is 3.20. The van der Waals surface area contributed by atoms with E-state index >= 15 is 0 Å². The highest BCUT2D eigenvalue weighted by molar-refractivity contribution is 5.99. The van der Waals surface area contributed by atoms with Crippen molar-refractivity contribution in [3.05, 3.63) is 71.8 Å². The van der Waals surface area contributed by atoms with Crippen LogP contribution in [0.1, 0.15) is 28.8 Å². The van der Waals surface area contributed by atoms with Gasteiger partial charge in [0.1, 0.15) is 0 Å². The van der Waals surface area contributed by atoms with Crippen LogP contribution in [0.25, 0.3) is 21.9 Å². The highest BCUT2D eigenvalue weighted by Gasteiger charge is 2.17. The van der Waals surface area contributed by atoms with Crippen LogP contribution in [0.3, 0.4) is 0 Å². The van der Waals surface area contributed by atoms with Gasteiger partial charge in [0, 0.05) is 12.0 Å². The smallest absolute Gasteiger partial charge is 0.163 e. The molecule has 0 amide bonds. The lowest BCUT2D eigenvalue weighted by molar-refractivity contribution is 0.0972. The van der Waals surface area contributed by atoms with E-state index in [4.69, 9.17) is 0 Å². The number of benzene rings is 3. The fraction of sp³-hybridized carbons (Fsp3) is 0.150. The molecule has 0 N–H and O–H groups in total. The molecule has 0 aromatic heterocycles. The maximum Gasteiger partial charge on any atom is 0.163 e. The van der Waals surface area contributed by atoms with Crippen molar-refractivity contribution < 1.29 is 4.79 Å². The zero-order valence-corrected chi connectivity index (χ0v) is 11.8. The molecule has 1 heteroatoms. The van der Waals surface area contributed by atoms with Gasteiger partial charge in [0.25, 0.3) is 0 Å². The Kier molecular flexibility index (Phi) is 2.85. The van der Waals surface area contributed by atoms with Gasteiger partial charge in [-0.2, -0.15) is 0 Å². The Morgan fingerprint density at radius 3 is 2.38 bits per heavy atom. The number of aryl methyl sites for hydroxylation is 1. The van der Waals surface area contributed by atoms with E-state index in [2.05, 4.69) is 54.6 Å². The van der Waals surface area contributed by atoms with Gasteiger partial charge in [-0.15, -0.1) is 0 Å². The van der Waals surface area contributed by atoms with Crippen molar-refractivity contribution in [2.45, 2.75) is 19.3 Å². The lowest BCUT2D eigenvalue weighted by Crippen LogP contribution is -2.10. The lowest BCUT2D eigenvalue weighted by Gasteiger charge is -2.16. The first kappa shape index (κ1) is 12.3. The van der Waals surface area contributed by atoms with Gasteiger partial charge in [0.05, 0.1) is 0 Å². The third-order valence-corrected chi connectivity index (χ3v) is 4.34. The van der Waals surface area contributed by atoms with Crippen molar-refractivity contribution in [2.24, 2.45) is 0 Å². The number of fused-ring (bicyclic) bond motifs is 2. The molecule has 0 saturated carbocycles. The molecule has 1 nitrogen and oxygen atoms in total. The maximum atomic E-state index is 11.9. The lowest BCUT2D eigenvalue weighted by atomic mass is 9.88. The van der Waals surface area contributed by atoms with E-state index in [1.54, 1.807) is 0 Å². The maximum absolute atomic E-state index is 11.9. The standard InChI is InChI=1S/C20H16O/c21-20-7-3-6-18-13-17(10-11-19(18)20)16-9-8-14-4-1-2-5-15(14)12-16/h1-2,4-5,8-13H,3,6-7H2. The molecule has 21 heavy (non-hydrogen) atoms. The third-order valence-electron chi connectivity index (χ3n) is 4.34. The van der Waals surface area contributed by atoms with Crippen molar-refractivity contribution in [1.82, 2.24) is 0 Å². The summed E-state index contributed by atoms with van der Waals surface area (Å²) in [4.78, 5) is 11.9. The van der Waals surface area contributed by atoms with Gasteiger partial charge in [0.2, 0.25) is 0 Å². The quantitative estimate of drug-likeness (QED) is 0.607. The van der Waals surface area contributed by atoms with Gasteiger partial charge in [-0.25, -0.2) is 0 Å². The number of hydrogen-bond donors (Lipinski definition) is 0. The normalized spacial score (nSPS) is 14.2. The molecule has 4 rings (SSSR count). The average molecular weight is 272 g/mol. The predicted molar refractivity (Wildman–Crippen MR) is 86.7 cm³/mol. The summed E-state index contributed by atoms with van der Waals surface area (Å²) in [6.07, 6.45) is 2.69. The number of Topliss-reactive ketones (excluding diaryl/α,β-unsaturated/α-hetero) is 1. The Bertz CT molecular complexity index is 845. The Hall–Kier alpha value is -2.41. The highest BCUT2D eigenvalue weighted by atomic mass is 16.1. The second kappa shape index (κ2) is 4.85. The van der Waals surface area contributed by atoms with Gasteiger partial charge in [0.15, 0.2) is 5.78 Å². The predicted octanol–water partition coefficient (Wildman–Crippen LogP) is 5.03. The van der Waals surface area contributed by atoms with Crippen LogP contribution in [0.5, 0.6) is 0 Å². The second-order valence-electron chi connectivity index (χ2n) is 5.71. The van der Waals surface area contributed by atoms with E-state index in [1.807, 2.05) is 6.07 Å². The summed E-state index contributed by atoms with van der Waals surface area (Å²) < 4.78 is 0. The van der Waals surface area contributed by atoms with Crippen LogP contribution < -0.4 is 0 Å². The molecule has 0 saturated heterocycles. The molecule has 1 aliphatic carbocycles. The van der Waals surface area contributed by atoms with E-state index in [0.29, 0.717) is 12.2 Å². The van der Waals surface area contributed by atoms with Gasteiger partial charge in [-0.1, -0.05) is 54.6 Å². The molecule has 0 atom stereocenters. The van der Waals surface area contributed by atoms with Gasteiger partial charge >= 0.3 is 0 Å². The topological polar surface area (TPSA) is 17.1 Å². The van der Waals surface area contributed by atoms with Crippen LogP contribution >= 0.6 is 0 Å². The molecule has 0 unspecified atom stereocenters. The first-order valence-corrected chi connectivity index (χ1v) is 7.46. The molecule has 0 heterocycles. The minimum atomic E-state index is 0.293. The molecule has 0 fully saturated rings. The van der Waals surface area contributed by atoms with E-state index in [-0.39, 0.29) is 0 Å². The third kappa shape index (κ3) is 2.15. The van der Waals surface area contributed by atoms with Crippen molar-refractivity contribution in [1.29, 1.82) is 0 Å². The van der Waals surface area contributed by atoms with Gasteiger partial charge < -0.3 is 0 Å². The summed E-state index contributed by atoms with van der Waals surface area (Å²) in [5.74, 6) is 0.293. The minimum Gasteiger partial charge on any atom is -0.294 e. The fourth-order valence-electron chi connectivity index (χ4n) is 3.20. The Morgan fingerprint density at radius 1 is 0.714 bits per heavy atom. The molecule has 0 spiro atoms. The monoisotopic (exact) mass is 272 g/mol. The van der Waals surface area contributed by atoms with Crippen molar-refractivity contribution in [3.63, 3.8) is 0 Å². The minimum absolute atomic E-state index is 0.293. The van der Waals surface area contributed by atoms with Crippen LogP contribution in [-0.4, -0.2) is 5.78 Å². The van der Waals surface area contributed by atoms with Gasteiger partial charge in [-0.05, 0) is 46.4 Å². The Balaban J connectivity index is 1.83. The van der Waals surface area contributed by atoms with E-state index in [0.717, 1.165) is 18.4 Å². The van der Waals surface area contributed by atoms with E-state index < -0.39 is 0 Å². The Morgan fingerprint density at radius 2 is 1.48 bits per heavy atom. The van der Waals surface area contributed by atoms with Gasteiger partial charge in [-0.3, -0.25) is 4.79 Å². The van der Waals surface area contributed by atoms with Crippen LogP contribution in [0.2, 0.25) is 0 Å². The summed E-state index contributed by atoms with van der Waals surface area (Å²) in [5, 5.41) is 2.51.